The van der Waals surface area contributed by atoms with Gasteiger partial charge in [0.05, 0.1) is 5.69 Å². The molecule has 0 aliphatic carbocycles. The second-order valence-corrected chi connectivity index (χ2v) is 3.69. The maximum absolute atomic E-state index is 12.4. The van der Waals surface area contributed by atoms with Crippen molar-refractivity contribution in [3.8, 4) is 5.88 Å². The highest BCUT2D eigenvalue weighted by Gasteiger charge is 2.32. The van der Waals surface area contributed by atoms with Gasteiger partial charge in [-0.3, -0.25) is 4.79 Å². The van der Waals surface area contributed by atoms with Gasteiger partial charge in [-0.15, -0.1) is 13.2 Å². The second kappa shape index (κ2) is 4.93. The van der Waals surface area contributed by atoms with E-state index in [-0.39, 0.29) is 14.8 Å². The molecule has 0 atom stereocenters. The molecule has 16 heavy (non-hydrogen) atoms. The Morgan fingerprint density at radius 3 is 2.56 bits per heavy atom. The van der Waals surface area contributed by atoms with Crippen molar-refractivity contribution in [3.05, 3.63) is 20.9 Å². The number of carbonyl (C=O) groups excluding carboxylic acids is 1. The summed E-state index contributed by atoms with van der Waals surface area (Å²) in [5, 5.41) is 0. The van der Waals surface area contributed by atoms with E-state index >= 15 is 0 Å². The van der Waals surface area contributed by atoms with Crippen LogP contribution in [0.15, 0.2) is 6.07 Å². The fourth-order valence-corrected chi connectivity index (χ4v) is 1.47. The first-order valence-corrected chi connectivity index (χ1v) is 4.91. The number of nitrogens with zero attached hydrogens (tertiary/aromatic N) is 1. The summed E-state index contributed by atoms with van der Waals surface area (Å²) in [7, 11) is 0. The quantitative estimate of drug-likeness (QED) is 0.479. The summed E-state index contributed by atoms with van der Waals surface area (Å²) < 4.78 is 51.7. The molecule has 0 saturated carbocycles. The van der Waals surface area contributed by atoms with E-state index in [4.69, 9.17) is 0 Å². The molecule has 1 rings (SSSR count). The number of rotatable bonds is 3. The Labute approximate surface area is 101 Å². The molecule has 0 saturated heterocycles. The van der Waals surface area contributed by atoms with Gasteiger partial charge in [0.2, 0.25) is 5.88 Å². The Kier molecular flexibility index (Phi) is 4.05. The van der Waals surface area contributed by atoms with Crippen LogP contribution >= 0.6 is 22.6 Å². The summed E-state index contributed by atoms with van der Waals surface area (Å²) in [5.41, 5.74) is -0.355. The number of alkyl halides is 4. The van der Waals surface area contributed by atoms with Crippen molar-refractivity contribution in [2.24, 2.45) is 0 Å². The lowest BCUT2D eigenvalue weighted by atomic mass is 10.2. The van der Waals surface area contributed by atoms with Gasteiger partial charge in [0.15, 0.2) is 6.29 Å². The SMILES string of the molecule is O=Cc1cc(OC(F)(F)F)nc(CF)c1I. The number of halogens is 5. The average molecular weight is 349 g/mol. The van der Waals surface area contributed by atoms with Crippen molar-refractivity contribution < 1.29 is 27.1 Å². The predicted molar refractivity (Wildman–Crippen MR) is 53.8 cm³/mol. The van der Waals surface area contributed by atoms with Crippen LogP contribution in [0, 0.1) is 3.57 Å². The highest BCUT2D eigenvalue weighted by molar-refractivity contribution is 14.1. The van der Waals surface area contributed by atoms with Gasteiger partial charge in [0.25, 0.3) is 0 Å². The standard InChI is InChI=1S/C8H4F4INO2/c9-2-5-7(13)4(3-15)1-6(14-5)16-8(10,11)12/h1,3H,2H2. The molecule has 0 bridgehead atoms. The minimum atomic E-state index is -4.92. The topological polar surface area (TPSA) is 39.2 Å². The van der Waals surface area contributed by atoms with E-state index in [0.717, 1.165) is 6.07 Å². The van der Waals surface area contributed by atoms with Crippen molar-refractivity contribution in [2.75, 3.05) is 0 Å². The molecule has 0 unspecified atom stereocenters. The molecule has 88 valence electrons. The highest BCUT2D eigenvalue weighted by atomic mass is 127. The average Bonchev–Trinajstić information content (AvgIpc) is 2.18. The molecule has 1 heterocycles. The fraction of sp³-hybridized carbons (Fsp3) is 0.250. The monoisotopic (exact) mass is 349 g/mol. The van der Waals surface area contributed by atoms with Crippen LogP contribution in [0.1, 0.15) is 16.1 Å². The molecular weight excluding hydrogens is 345 g/mol. The predicted octanol–water partition coefficient (Wildman–Crippen LogP) is 2.87. The summed E-state index contributed by atoms with van der Waals surface area (Å²) in [4.78, 5) is 13.8. The Bertz CT molecular complexity index is 408. The lowest BCUT2D eigenvalue weighted by molar-refractivity contribution is -0.276. The lowest BCUT2D eigenvalue weighted by Crippen LogP contribution is -2.18. The summed E-state index contributed by atoms with van der Waals surface area (Å²) in [6, 6.07) is 0.807. The van der Waals surface area contributed by atoms with Gasteiger partial charge < -0.3 is 4.74 Å². The Morgan fingerprint density at radius 1 is 1.50 bits per heavy atom. The third-order valence-corrected chi connectivity index (χ3v) is 2.75. The van der Waals surface area contributed by atoms with Gasteiger partial charge >= 0.3 is 6.36 Å². The van der Waals surface area contributed by atoms with E-state index in [0.29, 0.717) is 6.29 Å². The van der Waals surface area contributed by atoms with E-state index < -0.39 is 18.9 Å². The molecule has 1 aromatic heterocycles. The summed E-state index contributed by atoms with van der Waals surface area (Å²) >= 11 is 1.62. The van der Waals surface area contributed by atoms with Gasteiger partial charge in [0.1, 0.15) is 6.67 Å². The minimum absolute atomic E-state index is 0.0949. The molecule has 0 N–H and O–H groups in total. The fourth-order valence-electron chi connectivity index (χ4n) is 0.923. The van der Waals surface area contributed by atoms with E-state index in [1.54, 1.807) is 22.6 Å². The maximum Gasteiger partial charge on any atom is 0.574 e. The van der Waals surface area contributed by atoms with E-state index in [1.807, 2.05) is 0 Å². The first kappa shape index (κ1) is 13.1. The molecule has 0 radical (unpaired) electrons. The van der Waals surface area contributed by atoms with Crippen molar-refractivity contribution in [1.82, 2.24) is 4.98 Å². The molecule has 0 aliphatic rings. The zero-order valence-electron chi connectivity index (χ0n) is 7.52. The van der Waals surface area contributed by atoms with E-state index in [2.05, 4.69) is 9.72 Å². The van der Waals surface area contributed by atoms with Gasteiger partial charge in [-0.25, -0.2) is 9.37 Å². The number of ether oxygens (including phenoxy) is 1. The molecule has 0 aliphatic heterocycles. The normalized spacial score (nSPS) is 11.3. The number of carbonyl (C=O) groups is 1. The Hall–Kier alpha value is -0.930. The van der Waals surface area contributed by atoms with Crippen LogP contribution < -0.4 is 4.74 Å². The van der Waals surface area contributed by atoms with Gasteiger partial charge in [-0.1, -0.05) is 0 Å². The zero-order chi connectivity index (χ0) is 12.3. The Balaban J connectivity index is 3.17. The summed E-state index contributed by atoms with van der Waals surface area (Å²) in [5.74, 6) is -0.845. The van der Waals surface area contributed by atoms with Crippen LogP contribution in [0.25, 0.3) is 0 Å². The highest BCUT2D eigenvalue weighted by Crippen LogP contribution is 2.25. The van der Waals surface area contributed by atoms with Gasteiger partial charge in [-0.05, 0) is 22.6 Å². The molecule has 0 aromatic carbocycles. The zero-order valence-corrected chi connectivity index (χ0v) is 9.67. The lowest BCUT2D eigenvalue weighted by Gasteiger charge is -2.10. The van der Waals surface area contributed by atoms with Crippen LogP contribution in [0.2, 0.25) is 0 Å². The molecule has 0 fully saturated rings. The van der Waals surface area contributed by atoms with Crippen LogP contribution in [0.4, 0.5) is 17.6 Å². The maximum atomic E-state index is 12.4. The number of aldehydes is 1. The molecule has 0 amide bonds. The number of hydrogen-bond donors (Lipinski definition) is 0. The smallest absolute Gasteiger partial charge is 0.388 e. The second-order valence-electron chi connectivity index (χ2n) is 2.61. The van der Waals surface area contributed by atoms with Crippen molar-refractivity contribution in [1.29, 1.82) is 0 Å². The summed E-state index contributed by atoms with van der Waals surface area (Å²) in [6.45, 7) is -1.08. The molecule has 1 aromatic rings. The van der Waals surface area contributed by atoms with Gasteiger partial charge in [-0.2, -0.15) is 0 Å². The number of pyridine rings is 1. The van der Waals surface area contributed by atoms with E-state index in [1.165, 1.54) is 0 Å². The van der Waals surface area contributed by atoms with Crippen LogP contribution in [0.3, 0.4) is 0 Å². The molecular formula is C8H4F4INO2. The molecule has 3 nitrogen and oxygen atoms in total. The molecule has 8 heteroatoms. The largest absolute Gasteiger partial charge is 0.574 e. The number of aromatic nitrogens is 1. The third kappa shape index (κ3) is 3.29. The first-order valence-electron chi connectivity index (χ1n) is 3.83. The van der Waals surface area contributed by atoms with Crippen LogP contribution in [-0.2, 0) is 6.67 Å². The minimum Gasteiger partial charge on any atom is -0.388 e. The van der Waals surface area contributed by atoms with Crippen molar-refractivity contribution in [2.45, 2.75) is 13.0 Å². The Morgan fingerprint density at radius 2 is 2.12 bits per heavy atom. The first-order chi connectivity index (χ1) is 7.37. The van der Waals surface area contributed by atoms with Crippen LogP contribution in [0.5, 0.6) is 5.88 Å². The summed E-state index contributed by atoms with van der Waals surface area (Å²) in [6.07, 6.45) is -4.61. The van der Waals surface area contributed by atoms with Crippen molar-refractivity contribution in [3.63, 3.8) is 0 Å². The third-order valence-electron chi connectivity index (χ3n) is 1.50. The molecule has 0 spiro atoms. The van der Waals surface area contributed by atoms with Crippen molar-refractivity contribution >= 4 is 28.9 Å². The number of hydrogen-bond acceptors (Lipinski definition) is 3. The van der Waals surface area contributed by atoms with E-state index in [9.17, 15) is 22.4 Å². The van der Waals surface area contributed by atoms with Crippen LogP contribution in [-0.4, -0.2) is 17.6 Å². The van der Waals surface area contributed by atoms with Gasteiger partial charge in [0, 0.05) is 15.2 Å².